The van der Waals surface area contributed by atoms with Crippen molar-refractivity contribution < 1.29 is 53.8 Å². The summed E-state index contributed by atoms with van der Waals surface area (Å²) in [5.41, 5.74) is 1.51. The van der Waals surface area contributed by atoms with E-state index in [1.165, 1.54) is 6.92 Å². The average molecular weight is 553 g/mol. The Morgan fingerprint density at radius 1 is 1.16 bits per heavy atom. The summed E-state index contributed by atoms with van der Waals surface area (Å²) >= 11 is 4.95. The van der Waals surface area contributed by atoms with Crippen LogP contribution < -0.4 is 18.9 Å². The fourth-order valence-corrected chi connectivity index (χ4v) is 4.14. The molecule has 0 saturated heterocycles. The van der Waals surface area contributed by atoms with Crippen LogP contribution >= 0.6 is 0 Å². The van der Waals surface area contributed by atoms with Crippen LogP contribution in [0.1, 0.15) is 54.9 Å². The first-order valence-electron chi connectivity index (χ1n) is 11.8. The zero-order chi connectivity index (χ0) is 27.0. The Kier molecular flexibility index (Phi) is 9.75. The summed E-state index contributed by atoms with van der Waals surface area (Å²) in [7, 11) is 1.55. The predicted molar refractivity (Wildman–Crippen MR) is 134 cm³/mol. The Labute approximate surface area is 224 Å². The number of hydrogen-bond donors (Lipinski definition) is 2. The van der Waals surface area contributed by atoms with Crippen molar-refractivity contribution in [2.24, 2.45) is 5.41 Å². The van der Waals surface area contributed by atoms with Crippen molar-refractivity contribution in [3.8, 4) is 23.0 Å². The topological polar surface area (TPSA) is 112 Å². The summed E-state index contributed by atoms with van der Waals surface area (Å²) < 4.78 is 22.4. The molecule has 9 heteroatoms. The molecule has 8 nitrogen and oxygen atoms in total. The molecule has 0 atom stereocenters. The van der Waals surface area contributed by atoms with E-state index >= 15 is 0 Å². The van der Waals surface area contributed by atoms with Gasteiger partial charge in [0.1, 0.15) is 0 Å². The SMILES string of the molecule is [CH2-]Cc1cc2c(cc1[C-]=Cc1ccc(OC)c(OCCCCCC(C)(C(=O)O)C(=O)O)c1[CH]=[Ni])OCO2. The van der Waals surface area contributed by atoms with E-state index in [2.05, 4.69) is 13.0 Å². The van der Waals surface area contributed by atoms with Gasteiger partial charge in [0.15, 0.2) is 0 Å². The van der Waals surface area contributed by atoms with Gasteiger partial charge in [-0.2, -0.15) is 0 Å². The van der Waals surface area contributed by atoms with Crippen LogP contribution in [-0.4, -0.2) is 47.7 Å². The number of unbranched alkanes of at least 4 members (excludes halogenated alkanes) is 2. The average Bonchev–Trinajstić information content (AvgIpc) is 3.35. The van der Waals surface area contributed by atoms with E-state index in [4.69, 9.17) is 34.0 Å². The minimum absolute atomic E-state index is 0.0408. The summed E-state index contributed by atoms with van der Waals surface area (Å²) in [4.78, 5) is 24.2. The van der Waals surface area contributed by atoms with Gasteiger partial charge < -0.3 is 0 Å². The van der Waals surface area contributed by atoms with Crippen LogP contribution in [0.25, 0.3) is 6.08 Å². The molecule has 0 spiro atoms. The van der Waals surface area contributed by atoms with E-state index in [1.54, 1.807) is 18.2 Å². The van der Waals surface area contributed by atoms with Crippen molar-refractivity contribution in [2.45, 2.75) is 39.0 Å². The van der Waals surface area contributed by atoms with E-state index in [1.807, 2.05) is 24.3 Å². The normalized spacial score (nSPS) is 12.6. The molecule has 1 heterocycles. The quantitative estimate of drug-likeness (QED) is 0.116. The number of ether oxygens (including phenoxy) is 4. The number of carbonyl (C=O) groups is 2. The number of fused-ring (bicyclic) bond motifs is 1. The molecule has 0 saturated carbocycles. The third-order valence-corrected chi connectivity index (χ3v) is 6.55. The van der Waals surface area contributed by atoms with Crippen LogP contribution in [-0.2, 0) is 31.0 Å². The van der Waals surface area contributed by atoms with Gasteiger partial charge in [-0.3, -0.25) is 0 Å². The van der Waals surface area contributed by atoms with Gasteiger partial charge >= 0.3 is 224 Å². The molecule has 0 aliphatic carbocycles. The number of carboxylic acid groups (broad SMARTS) is 2. The van der Waals surface area contributed by atoms with E-state index in [9.17, 15) is 19.8 Å². The van der Waals surface area contributed by atoms with Crippen LogP contribution in [0.15, 0.2) is 24.3 Å². The molecule has 202 valence electrons. The second kappa shape index (κ2) is 12.8. The van der Waals surface area contributed by atoms with Crippen molar-refractivity contribution >= 4 is 23.0 Å². The molecule has 0 radical (unpaired) electrons. The molecule has 0 unspecified atom stereocenters. The molecule has 3 rings (SSSR count). The molecule has 1 aliphatic rings. The minimum atomic E-state index is -1.79. The van der Waals surface area contributed by atoms with Crippen molar-refractivity contribution in [3.63, 3.8) is 0 Å². The first kappa shape index (κ1) is 28.3. The van der Waals surface area contributed by atoms with Crippen LogP contribution in [0.3, 0.4) is 0 Å². The summed E-state index contributed by atoms with van der Waals surface area (Å²) in [6.45, 7) is 5.73. The van der Waals surface area contributed by atoms with Gasteiger partial charge in [0.2, 0.25) is 0 Å². The second-order valence-electron chi connectivity index (χ2n) is 8.69. The van der Waals surface area contributed by atoms with Crippen molar-refractivity contribution in [1.82, 2.24) is 0 Å². The molecular formula is C28H30NiO8-2. The van der Waals surface area contributed by atoms with Crippen LogP contribution in [0.5, 0.6) is 23.0 Å². The molecule has 1 aliphatic heterocycles. The third kappa shape index (κ3) is 6.52. The standard InChI is InChI=1S/C28H30O8.Ni/c1-5-19-15-23-24(36-17-35-23)16-21(19)10-9-20-11-12-22(33-4)25(18(20)2)34-14-8-6-7-13-28(3,26(29)30)27(31)32;/h2,9,11-12,15-16H,1,5-8,13-14,17H2,3-4H3,(H,29,30)(H,31,32);/q-2;. The molecule has 0 fully saturated rings. The summed E-state index contributed by atoms with van der Waals surface area (Å²) in [5.74, 6) is -0.271. The summed E-state index contributed by atoms with van der Waals surface area (Å²) in [6, 6.07) is 7.45. The van der Waals surface area contributed by atoms with Crippen LogP contribution in [0.2, 0.25) is 0 Å². The molecule has 0 bridgehead atoms. The number of methoxy groups -OCH3 is 1. The number of benzene rings is 2. The second-order valence-corrected chi connectivity index (χ2v) is 8.98. The fraction of sp³-hybridized carbons (Fsp3) is 0.357. The van der Waals surface area contributed by atoms with Gasteiger partial charge in [-0.15, -0.1) is 0 Å². The molecular weight excluding hydrogens is 523 g/mol. The first-order valence-corrected chi connectivity index (χ1v) is 12.3. The molecule has 2 aromatic rings. The molecule has 2 N–H and O–H groups in total. The molecule has 2 aromatic carbocycles. The van der Waals surface area contributed by atoms with E-state index in [-0.39, 0.29) is 13.2 Å². The first-order chi connectivity index (χ1) is 17.7. The van der Waals surface area contributed by atoms with Gasteiger partial charge in [-0.1, -0.05) is 0 Å². The van der Waals surface area contributed by atoms with Gasteiger partial charge in [-0.25, -0.2) is 0 Å². The molecule has 0 aromatic heterocycles. The van der Waals surface area contributed by atoms with E-state index in [0.29, 0.717) is 60.9 Å². The Hall–Kier alpha value is -3.32. The Morgan fingerprint density at radius 2 is 1.86 bits per heavy atom. The van der Waals surface area contributed by atoms with Crippen LogP contribution in [0.4, 0.5) is 0 Å². The Balaban J connectivity index is 1.71. The predicted octanol–water partition coefficient (Wildman–Crippen LogP) is 4.48. The number of aliphatic carboxylic acids is 2. The number of rotatable bonds is 14. The van der Waals surface area contributed by atoms with Crippen molar-refractivity contribution in [2.75, 3.05) is 20.5 Å². The van der Waals surface area contributed by atoms with Gasteiger partial charge in [0.25, 0.3) is 0 Å². The van der Waals surface area contributed by atoms with E-state index in [0.717, 1.165) is 16.7 Å². The van der Waals surface area contributed by atoms with Gasteiger partial charge in [-0.05, 0) is 0 Å². The summed E-state index contributed by atoms with van der Waals surface area (Å²) in [6.07, 6.45) is 7.40. The fourth-order valence-electron chi connectivity index (χ4n) is 3.84. The third-order valence-electron chi connectivity index (χ3n) is 6.27. The zero-order valence-corrected chi connectivity index (χ0v) is 21.8. The molecule has 37 heavy (non-hydrogen) atoms. The number of carboxylic acids is 2. The maximum atomic E-state index is 11.3. The summed E-state index contributed by atoms with van der Waals surface area (Å²) in [5, 5.41) is 18.5. The van der Waals surface area contributed by atoms with Crippen LogP contribution in [0, 0.1) is 18.4 Å². The zero-order valence-electron chi connectivity index (χ0n) is 20.8. The van der Waals surface area contributed by atoms with Crippen molar-refractivity contribution in [1.29, 1.82) is 0 Å². The van der Waals surface area contributed by atoms with Crippen molar-refractivity contribution in [3.05, 3.63) is 59.5 Å². The van der Waals surface area contributed by atoms with E-state index < -0.39 is 17.4 Å². The Bertz CT molecular complexity index is 1170. The monoisotopic (exact) mass is 552 g/mol. The molecule has 0 amide bonds. The maximum absolute atomic E-state index is 11.3. The number of hydrogen-bond acceptors (Lipinski definition) is 6. The Morgan fingerprint density at radius 3 is 2.49 bits per heavy atom. The van der Waals surface area contributed by atoms with Gasteiger partial charge in [0.05, 0.1) is 0 Å². The van der Waals surface area contributed by atoms with Gasteiger partial charge in [0, 0.05) is 0 Å².